The minimum atomic E-state index is -0.720. The van der Waals surface area contributed by atoms with Gasteiger partial charge in [-0.05, 0) is 23.6 Å². The van der Waals surface area contributed by atoms with E-state index in [-0.39, 0.29) is 18.4 Å². The summed E-state index contributed by atoms with van der Waals surface area (Å²) in [5.74, 6) is 0.00161. The fraction of sp³-hybridized carbons (Fsp3) is 0.500. The number of halogens is 1. The number of nitrogens with zero attached hydrogens (tertiary/aromatic N) is 1. The summed E-state index contributed by atoms with van der Waals surface area (Å²) in [6.07, 6.45) is -0.720. The zero-order valence-corrected chi connectivity index (χ0v) is 13.8. The van der Waals surface area contributed by atoms with Gasteiger partial charge in [-0.2, -0.15) is 0 Å². The molecule has 2 atom stereocenters. The standard InChI is InChI=1S/C16H21ClN2O3/c1-10(2)8-18-16(21)15-14(19(3)13(20)9-22-15)11-4-6-12(17)7-5-11/h4-7,10,14-15H,8-9H2,1-3H3,(H,18,21)/t14-,15-/m0/s1. The van der Waals surface area contributed by atoms with Gasteiger partial charge < -0.3 is 15.0 Å². The van der Waals surface area contributed by atoms with Crippen molar-refractivity contribution in [3.8, 4) is 0 Å². The summed E-state index contributed by atoms with van der Waals surface area (Å²) in [6.45, 7) is 4.53. The second-order valence-electron chi connectivity index (χ2n) is 5.87. The highest BCUT2D eigenvalue weighted by molar-refractivity contribution is 6.30. The highest BCUT2D eigenvalue weighted by Crippen LogP contribution is 2.30. The van der Waals surface area contributed by atoms with E-state index >= 15 is 0 Å². The lowest BCUT2D eigenvalue weighted by atomic mass is 9.97. The van der Waals surface area contributed by atoms with Crippen LogP contribution in [0.3, 0.4) is 0 Å². The highest BCUT2D eigenvalue weighted by Gasteiger charge is 2.39. The van der Waals surface area contributed by atoms with Crippen molar-refractivity contribution in [2.75, 3.05) is 20.2 Å². The SMILES string of the molecule is CC(C)CNC(=O)[C@H]1OCC(=O)N(C)[C@H]1c1ccc(Cl)cc1. The van der Waals surface area contributed by atoms with Crippen molar-refractivity contribution in [3.63, 3.8) is 0 Å². The Hall–Kier alpha value is -1.59. The molecule has 0 radical (unpaired) electrons. The van der Waals surface area contributed by atoms with Gasteiger partial charge in [0.15, 0.2) is 6.10 Å². The molecule has 1 saturated heterocycles. The van der Waals surface area contributed by atoms with Gasteiger partial charge in [0.2, 0.25) is 5.91 Å². The minimum absolute atomic E-state index is 0.0830. The molecule has 1 heterocycles. The van der Waals surface area contributed by atoms with Crippen molar-refractivity contribution in [2.24, 2.45) is 5.92 Å². The molecule has 2 amide bonds. The Kier molecular flexibility index (Phi) is 5.42. The second-order valence-corrected chi connectivity index (χ2v) is 6.31. The van der Waals surface area contributed by atoms with Crippen LogP contribution >= 0.6 is 11.6 Å². The molecule has 0 unspecified atom stereocenters. The molecule has 0 aromatic heterocycles. The van der Waals surface area contributed by atoms with E-state index < -0.39 is 12.1 Å². The van der Waals surface area contributed by atoms with Crippen molar-refractivity contribution in [2.45, 2.75) is 26.0 Å². The van der Waals surface area contributed by atoms with Gasteiger partial charge in [-0.3, -0.25) is 9.59 Å². The quantitative estimate of drug-likeness (QED) is 0.921. The molecular weight excluding hydrogens is 304 g/mol. The van der Waals surface area contributed by atoms with Crippen LogP contribution in [0.25, 0.3) is 0 Å². The first-order chi connectivity index (χ1) is 10.4. The molecule has 2 rings (SSSR count). The Morgan fingerprint density at radius 2 is 2.05 bits per heavy atom. The van der Waals surface area contributed by atoms with E-state index in [1.54, 1.807) is 24.1 Å². The Morgan fingerprint density at radius 1 is 1.41 bits per heavy atom. The normalized spacial score (nSPS) is 22.0. The van der Waals surface area contributed by atoms with Crippen LogP contribution < -0.4 is 5.32 Å². The lowest BCUT2D eigenvalue weighted by molar-refractivity contribution is -0.162. The fourth-order valence-corrected chi connectivity index (χ4v) is 2.52. The Labute approximate surface area is 135 Å². The molecule has 0 bridgehead atoms. The summed E-state index contributed by atoms with van der Waals surface area (Å²) in [5.41, 5.74) is 0.824. The monoisotopic (exact) mass is 324 g/mol. The first-order valence-corrected chi connectivity index (χ1v) is 7.68. The number of ether oxygens (including phenoxy) is 1. The molecule has 1 aromatic rings. The Morgan fingerprint density at radius 3 is 2.64 bits per heavy atom. The van der Waals surface area contributed by atoms with E-state index in [0.29, 0.717) is 17.5 Å². The van der Waals surface area contributed by atoms with Crippen molar-refractivity contribution < 1.29 is 14.3 Å². The zero-order chi connectivity index (χ0) is 16.3. The maximum atomic E-state index is 12.4. The van der Waals surface area contributed by atoms with Crippen LogP contribution in [0.15, 0.2) is 24.3 Å². The molecule has 1 aliphatic rings. The third-order valence-electron chi connectivity index (χ3n) is 3.64. The number of hydrogen-bond donors (Lipinski definition) is 1. The zero-order valence-electron chi connectivity index (χ0n) is 13.0. The molecule has 1 fully saturated rings. The average molecular weight is 325 g/mol. The predicted octanol–water partition coefficient (Wildman–Crippen LogP) is 2.01. The third-order valence-corrected chi connectivity index (χ3v) is 3.89. The first-order valence-electron chi connectivity index (χ1n) is 7.30. The number of rotatable bonds is 4. The third kappa shape index (κ3) is 3.78. The maximum Gasteiger partial charge on any atom is 0.251 e. The number of likely N-dealkylation sites (N-methyl/N-ethyl adjacent to an activating group) is 1. The first kappa shape index (κ1) is 16.8. The van der Waals surface area contributed by atoms with Crippen LogP contribution in [0.1, 0.15) is 25.5 Å². The molecular formula is C16H21ClN2O3. The number of morpholine rings is 1. The summed E-state index contributed by atoms with van der Waals surface area (Å²) >= 11 is 5.91. The summed E-state index contributed by atoms with van der Waals surface area (Å²) in [6, 6.07) is 6.66. The molecule has 120 valence electrons. The molecule has 1 aromatic carbocycles. The minimum Gasteiger partial charge on any atom is -0.356 e. The van der Waals surface area contributed by atoms with Crippen LogP contribution in [-0.2, 0) is 14.3 Å². The van der Waals surface area contributed by atoms with Crippen molar-refractivity contribution in [1.29, 1.82) is 0 Å². The lowest BCUT2D eigenvalue weighted by Crippen LogP contribution is -2.53. The topological polar surface area (TPSA) is 58.6 Å². The van der Waals surface area contributed by atoms with Crippen LogP contribution in [0.4, 0.5) is 0 Å². The van der Waals surface area contributed by atoms with Crippen molar-refractivity contribution >= 4 is 23.4 Å². The molecule has 0 saturated carbocycles. The highest BCUT2D eigenvalue weighted by atomic mass is 35.5. The molecule has 1 aliphatic heterocycles. The molecule has 5 nitrogen and oxygen atoms in total. The Balaban J connectivity index is 2.24. The summed E-state index contributed by atoms with van der Waals surface area (Å²) < 4.78 is 5.52. The van der Waals surface area contributed by atoms with Gasteiger partial charge in [-0.1, -0.05) is 37.6 Å². The number of benzene rings is 1. The number of hydrogen-bond acceptors (Lipinski definition) is 3. The van der Waals surface area contributed by atoms with E-state index in [9.17, 15) is 9.59 Å². The van der Waals surface area contributed by atoms with E-state index in [1.165, 1.54) is 0 Å². The van der Waals surface area contributed by atoms with Crippen molar-refractivity contribution in [3.05, 3.63) is 34.9 Å². The molecule has 22 heavy (non-hydrogen) atoms. The van der Waals surface area contributed by atoms with Gasteiger partial charge in [0.1, 0.15) is 6.61 Å². The van der Waals surface area contributed by atoms with Gasteiger partial charge >= 0.3 is 0 Å². The van der Waals surface area contributed by atoms with Gasteiger partial charge in [0.05, 0.1) is 6.04 Å². The van der Waals surface area contributed by atoms with Gasteiger partial charge in [-0.25, -0.2) is 0 Å². The fourth-order valence-electron chi connectivity index (χ4n) is 2.39. The number of nitrogens with one attached hydrogen (secondary N) is 1. The molecule has 0 aliphatic carbocycles. The summed E-state index contributed by atoms with van der Waals surface area (Å²) in [4.78, 5) is 25.9. The van der Waals surface area contributed by atoms with Crippen molar-refractivity contribution in [1.82, 2.24) is 10.2 Å². The van der Waals surface area contributed by atoms with Crippen LogP contribution in [-0.4, -0.2) is 43.0 Å². The van der Waals surface area contributed by atoms with E-state index in [2.05, 4.69) is 5.32 Å². The van der Waals surface area contributed by atoms with Gasteiger partial charge in [0, 0.05) is 18.6 Å². The largest absolute Gasteiger partial charge is 0.356 e. The van der Waals surface area contributed by atoms with E-state index in [4.69, 9.17) is 16.3 Å². The summed E-state index contributed by atoms with van der Waals surface area (Å²) in [5, 5.41) is 3.48. The smallest absolute Gasteiger partial charge is 0.251 e. The van der Waals surface area contributed by atoms with E-state index in [0.717, 1.165) is 5.56 Å². The van der Waals surface area contributed by atoms with Crippen LogP contribution in [0.5, 0.6) is 0 Å². The number of amides is 2. The van der Waals surface area contributed by atoms with Crippen LogP contribution in [0, 0.1) is 5.92 Å². The van der Waals surface area contributed by atoms with Gasteiger partial charge in [-0.15, -0.1) is 0 Å². The number of carbonyl (C=O) groups is 2. The molecule has 6 heteroatoms. The van der Waals surface area contributed by atoms with Crippen LogP contribution in [0.2, 0.25) is 5.02 Å². The Bertz CT molecular complexity index is 545. The van der Waals surface area contributed by atoms with E-state index in [1.807, 2.05) is 26.0 Å². The van der Waals surface area contributed by atoms with Gasteiger partial charge in [0.25, 0.3) is 5.91 Å². The predicted molar refractivity (Wildman–Crippen MR) is 84.6 cm³/mol. The lowest BCUT2D eigenvalue weighted by Gasteiger charge is -2.38. The second kappa shape index (κ2) is 7.11. The molecule has 1 N–H and O–H groups in total. The average Bonchev–Trinajstić information content (AvgIpc) is 2.48. The summed E-state index contributed by atoms with van der Waals surface area (Å²) in [7, 11) is 1.69. The molecule has 0 spiro atoms. The number of carbonyl (C=O) groups excluding carboxylic acids is 2. The maximum absolute atomic E-state index is 12.4.